The molecule has 0 aromatic heterocycles. The van der Waals surface area contributed by atoms with Crippen LogP contribution in [0.25, 0.3) is 0 Å². The van der Waals surface area contributed by atoms with Crippen molar-refractivity contribution in [1.82, 2.24) is 0 Å². The number of hydrogen-bond acceptors (Lipinski definition) is 10. The molecular formula is C24H30FN5O9S. The van der Waals surface area contributed by atoms with E-state index in [2.05, 4.69) is 14.8 Å². The van der Waals surface area contributed by atoms with Crippen molar-refractivity contribution in [3.8, 4) is 0 Å². The van der Waals surface area contributed by atoms with E-state index in [1.807, 2.05) is 32.0 Å². The summed E-state index contributed by atoms with van der Waals surface area (Å²) >= 11 is 0. The summed E-state index contributed by atoms with van der Waals surface area (Å²) in [4.78, 5) is 34.0. The normalized spacial score (nSPS) is 12.3. The molecule has 0 bridgehead atoms. The summed E-state index contributed by atoms with van der Waals surface area (Å²) in [5.74, 6) is -1.73. The van der Waals surface area contributed by atoms with Crippen LogP contribution in [-0.2, 0) is 40.3 Å². The molecule has 0 aliphatic carbocycles. The first-order chi connectivity index (χ1) is 18.8. The molecule has 2 rings (SSSR count). The zero-order valence-electron chi connectivity index (χ0n) is 21.9. The molecule has 0 saturated heterocycles. The second-order valence-corrected chi connectivity index (χ2v) is 9.84. The number of halogens is 1. The van der Waals surface area contributed by atoms with Gasteiger partial charge in [0, 0.05) is 6.42 Å². The van der Waals surface area contributed by atoms with Crippen LogP contribution in [0.1, 0.15) is 16.7 Å². The van der Waals surface area contributed by atoms with Crippen molar-refractivity contribution >= 4 is 33.4 Å². The number of aryl methyl sites for hydroxylation is 2. The Hall–Kier alpha value is -3.99. The fourth-order valence-electron chi connectivity index (χ4n) is 3.10. The van der Waals surface area contributed by atoms with Gasteiger partial charge in [0.15, 0.2) is 0 Å². The molecule has 40 heavy (non-hydrogen) atoms. The zero-order valence-corrected chi connectivity index (χ0v) is 22.7. The van der Waals surface area contributed by atoms with Gasteiger partial charge >= 0.3 is 5.97 Å². The van der Waals surface area contributed by atoms with Gasteiger partial charge < -0.3 is 24.8 Å². The second-order valence-electron chi connectivity index (χ2n) is 8.28. The summed E-state index contributed by atoms with van der Waals surface area (Å²) in [6.45, 7) is 2.83. The number of carbonyl (C=O) groups excluding carboxylic acids is 1. The lowest BCUT2D eigenvalue weighted by atomic mass is 10.0. The van der Waals surface area contributed by atoms with Crippen LogP contribution in [0.2, 0.25) is 0 Å². The second kappa shape index (κ2) is 15.6. The topological polar surface area (TPSA) is 208 Å². The third kappa shape index (κ3) is 11.8. The van der Waals surface area contributed by atoms with Crippen molar-refractivity contribution in [2.75, 3.05) is 39.6 Å². The van der Waals surface area contributed by atoms with Crippen molar-refractivity contribution in [3.63, 3.8) is 0 Å². The first-order valence-corrected chi connectivity index (χ1v) is 13.3. The fourth-order valence-corrected chi connectivity index (χ4v) is 3.63. The summed E-state index contributed by atoms with van der Waals surface area (Å²) in [6.07, 6.45) is 0.147. The van der Waals surface area contributed by atoms with Gasteiger partial charge in [0.1, 0.15) is 43.0 Å². The molecule has 0 heterocycles. The molecule has 0 atom stereocenters. The fraction of sp³-hybridized carbons (Fsp3) is 0.375. The van der Waals surface area contributed by atoms with E-state index < -0.39 is 45.0 Å². The molecule has 0 fully saturated rings. The SMILES string of the molecule is Cc1ccc(C)c(CC(N=C(N)COC(=O)COCCOCCO[N+](=O)[O-])=Nc2ccc(S(N)(=O)=O)cc2F)c1. The Morgan fingerprint density at radius 1 is 1.05 bits per heavy atom. The molecular weight excluding hydrogens is 553 g/mol. The van der Waals surface area contributed by atoms with Crippen LogP contribution in [0.4, 0.5) is 10.1 Å². The van der Waals surface area contributed by atoms with Crippen LogP contribution < -0.4 is 10.9 Å². The van der Waals surface area contributed by atoms with Gasteiger partial charge in [-0.3, -0.25) is 0 Å². The predicted molar refractivity (Wildman–Crippen MR) is 142 cm³/mol. The van der Waals surface area contributed by atoms with Crippen LogP contribution in [-0.4, -0.2) is 70.8 Å². The lowest BCUT2D eigenvalue weighted by molar-refractivity contribution is -0.758. The van der Waals surface area contributed by atoms with Crippen LogP contribution in [0.5, 0.6) is 0 Å². The van der Waals surface area contributed by atoms with E-state index in [1.165, 1.54) is 0 Å². The average Bonchev–Trinajstić information content (AvgIpc) is 2.87. The number of hydrogen-bond donors (Lipinski definition) is 2. The summed E-state index contributed by atoms with van der Waals surface area (Å²) in [7, 11) is -4.11. The zero-order chi connectivity index (χ0) is 29.7. The molecule has 0 spiro atoms. The maximum atomic E-state index is 14.6. The standard InChI is InChI=1S/C24H30FN5O9S/c1-16-3-4-17(2)18(11-16)12-23(28-21-6-5-19(13-20(21)25)40(27,34)35)29-22(26)14-38-24(31)15-37-8-7-36-9-10-39-30(32)33/h3-6,11,13H,7-10,12,14-15H2,1-2H3,(H2,26,28,29)(H2,27,34,35). The number of rotatable bonds is 15. The highest BCUT2D eigenvalue weighted by Gasteiger charge is 2.13. The maximum Gasteiger partial charge on any atom is 0.332 e. The minimum Gasteiger partial charge on any atom is -0.456 e. The Balaban J connectivity index is 2.05. The highest BCUT2D eigenvalue weighted by Crippen LogP contribution is 2.22. The van der Waals surface area contributed by atoms with Crippen LogP contribution >= 0.6 is 0 Å². The van der Waals surface area contributed by atoms with Crippen molar-refractivity contribution in [2.24, 2.45) is 20.9 Å². The quantitative estimate of drug-likeness (QED) is 0.0771. The van der Waals surface area contributed by atoms with Gasteiger partial charge in [-0.1, -0.05) is 23.8 Å². The van der Waals surface area contributed by atoms with Gasteiger partial charge in [-0.25, -0.2) is 32.7 Å². The summed E-state index contributed by atoms with van der Waals surface area (Å²) in [5.41, 5.74) is 8.50. The number of nitrogens with zero attached hydrogens (tertiary/aromatic N) is 3. The number of aliphatic imine (C=N–C) groups is 2. The van der Waals surface area contributed by atoms with E-state index >= 15 is 0 Å². The molecule has 218 valence electrons. The van der Waals surface area contributed by atoms with Crippen molar-refractivity contribution in [1.29, 1.82) is 0 Å². The highest BCUT2D eigenvalue weighted by atomic mass is 32.2. The number of esters is 1. The van der Waals surface area contributed by atoms with E-state index in [-0.39, 0.29) is 50.2 Å². The van der Waals surface area contributed by atoms with Gasteiger partial charge in [0.05, 0.1) is 24.7 Å². The number of carbonyl (C=O) groups is 1. The number of primary sulfonamides is 1. The monoisotopic (exact) mass is 583 g/mol. The van der Waals surface area contributed by atoms with E-state index in [0.717, 1.165) is 34.9 Å². The Labute approximate surface area is 229 Å². The minimum absolute atomic E-state index is 0.0199. The molecule has 2 aromatic rings. The van der Waals surface area contributed by atoms with Gasteiger partial charge in [0.2, 0.25) is 10.0 Å². The Morgan fingerprint density at radius 2 is 1.75 bits per heavy atom. The van der Waals surface area contributed by atoms with Crippen LogP contribution in [0, 0.1) is 29.8 Å². The lowest BCUT2D eigenvalue weighted by Crippen LogP contribution is -2.25. The molecule has 14 nitrogen and oxygen atoms in total. The van der Waals surface area contributed by atoms with E-state index in [4.69, 9.17) is 25.1 Å². The molecule has 0 amide bonds. The third-order valence-electron chi connectivity index (χ3n) is 5.02. The maximum absolute atomic E-state index is 14.6. The van der Waals surface area contributed by atoms with E-state index in [9.17, 15) is 27.7 Å². The Kier molecular flexibility index (Phi) is 12.5. The molecule has 0 unspecified atom stereocenters. The van der Waals surface area contributed by atoms with Crippen molar-refractivity contribution < 1.29 is 41.7 Å². The average molecular weight is 584 g/mol. The van der Waals surface area contributed by atoms with E-state index in [0.29, 0.717) is 0 Å². The summed E-state index contributed by atoms with van der Waals surface area (Å²) < 4.78 is 52.8. The third-order valence-corrected chi connectivity index (χ3v) is 5.93. The number of ether oxygens (including phenoxy) is 3. The first kappa shape index (κ1) is 32.2. The largest absolute Gasteiger partial charge is 0.456 e. The molecule has 0 saturated carbocycles. The predicted octanol–water partition coefficient (Wildman–Crippen LogP) is 1.50. The molecule has 4 N–H and O–H groups in total. The van der Waals surface area contributed by atoms with Gasteiger partial charge in [-0.15, -0.1) is 10.1 Å². The number of amidine groups is 2. The number of sulfonamides is 1. The van der Waals surface area contributed by atoms with Gasteiger partial charge in [-0.05, 0) is 43.2 Å². The Morgan fingerprint density at radius 3 is 2.42 bits per heavy atom. The first-order valence-electron chi connectivity index (χ1n) is 11.7. The molecule has 16 heteroatoms. The summed E-state index contributed by atoms with van der Waals surface area (Å²) in [6, 6.07) is 8.77. The van der Waals surface area contributed by atoms with Gasteiger partial charge in [-0.2, -0.15) is 0 Å². The van der Waals surface area contributed by atoms with Crippen LogP contribution in [0.3, 0.4) is 0 Å². The lowest BCUT2D eigenvalue weighted by Gasteiger charge is -2.10. The molecule has 0 radical (unpaired) electrons. The minimum atomic E-state index is -4.11. The van der Waals surface area contributed by atoms with E-state index in [1.54, 1.807) is 0 Å². The highest BCUT2D eigenvalue weighted by molar-refractivity contribution is 7.89. The van der Waals surface area contributed by atoms with Crippen LogP contribution in [0.15, 0.2) is 51.3 Å². The smallest absolute Gasteiger partial charge is 0.332 e. The number of nitrogens with two attached hydrogens (primary N) is 2. The number of benzene rings is 2. The molecule has 2 aromatic carbocycles. The van der Waals surface area contributed by atoms with Crippen molar-refractivity contribution in [3.05, 3.63) is 69.0 Å². The molecule has 0 aliphatic heterocycles. The van der Waals surface area contributed by atoms with Gasteiger partial charge in [0.25, 0.3) is 5.09 Å². The molecule has 0 aliphatic rings. The summed E-state index contributed by atoms with van der Waals surface area (Å²) in [5, 5.41) is 14.1. The Bertz CT molecular complexity index is 1370. The van der Waals surface area contributed by atoms with Crippen molar-refractivity contribution in [2.45, 2.75) is 25.2 Å².